The standard InChI is InChI=1S/C24H19NO4/c1-25(24(28)29-2)20-14-12-16-8-4-6-10-18(16)22(20)21-17-9-5-3-7-15(17)11-13-19(21)23(26)27/h3-14H,1-2H3,(H,26,27). The number of carboxylic acids is 1. The molecule has 4 aromatic carbocycles. The van der Waals surface area contributed by atoms with E-state index in [4.69, 9.17) is 4.74 Å². The molecule has 0 aliphatic heterocycles. The molecule has 1 amide bonds. The monoisotopic (exact) mass is 385 g/mol. The van der Waals surface area contributed by atoms with Crippen LogP contribution in [0, 0.1) is 0 Å². The Labute approximate surface area is 167 Å². The number of methoxy groups -OCH3 is 1. The Balaban J connectivity index is 2.20. The van der Waals surface area contributed by atoms with Crippen molar-refractivity contribution in [2.45, 2.75) is 0 Å². The zero-order valence-electron chi connectivity index (χ0n) is 16.0. The predicted molar refractivity (Wildman–Crippen MR) is 115 cm³/mol. The van der Waals surface area contributed by atoms with Crippen molar-refractivity contribution in [2.75, 3.05) is 19.1 Å². The summed E-state index contributed by atoms with van der Waals surface area (Å²) in [6.07, 6.45) is -0.529. The van der Waals surface area contributed by atoms with Crippen LogP contribution in [0.1, 0.15) is 10.4 Å². The van der Waals surface area contributed by atoms with Crippen LogP contribution in [0.25, 0.3) is 32.7 Å². The molecule has 0 aromatic heterocycles. The Kier molecular flexibility index (Phi) is 4.64. The summed E-state index contributed by atoms with van der Waals surface area (Å²) < 4.78 is 4.91. The van der Waals surface area contributed by atoms with Crippen molar-refractivity contribution in [2.24, 2.45) is 0 Å². The Hall–Kier alpha value is -3.86. The second kappa shape index (κ2) is 7.28. The van der Waals surface area contributed by atoms with Gasteiger partial charge in [-0.15, -0.1) is 0 Å². The molecule has 144 valence electrons. The summed E-state index contributed by atoms with van der Waals surface area (Å²) in [5, 5.41) is 13.5. The van der Waals surface area contributed by atoms with Gasteiger partial charge in [-0.1, -0.05) is 60.7 Å². The van der Waals surface area contributed by atoms with E-state index in [0.29, 0.717) is 16.8 Å². The van der Waals surface area contributed by atoms with E-state index in [1.165, 1.54) is 12.0 Å². The van der Waals surface area contributed by atoms with Gasteiger partial charge in [0, 0.05) is 18.2 Å². The van der Waals surface area contributed by atoms with Gasteiger partial charge in [-0.25, -0.2) is 9.59 Å². The van der Waals surface area contributed by atoms with Crippen molar-refractivity contribution in [1.29, 1.82) is 0 Å². The number of fused-ring (bicyclic) bond motifs is 2. The molecule has 0 spiro atoms. The quantitative estimate of drug-likeness (QED) is 0.501. The maximum absolute atomic E-state index is 12.3. The molecule has 4 rings (SSSR count). The van der Waals surface area contributed by atoms with Gasteiger partial charge in [-0.3, -0.25) is 4.90 Å². The highest BCUT2D eigenvalue weighted by molar-refractivity contribution is 6.16. The van der Waals surface area contributed by atoms with Gasteiger partial charge in [0.25, 0.3) is 0 Å². The number of amides is 1. The number of benzene rings is 4. The number of rotatable bonds is 3. The molecule has 1 N–H and O–H groups in total. The summed E-state index contributed by atoms with van der Waals surface area (Å²) in [7, 11) is 2.94. The Bertz CT molecular complexity index is 1260. The number of hydrogen-bond donors (Lipinski definition) is 1. The molecule has 0 unspecified atom stereocenters. The molecule has 4 aromatic rings. The van der Waals surface area contributed by atoms with E-state index in [1.807, 2.05) is 60.7 Å². The summed E-state index contributed by atoms with van der Waals surface area (Å²) in [5.41, 5.74) is 2.03. The molecule has 29 heavy (non-hydrogen) atoms. The maximum Gasteiger partial charge on any atom is 0.413 e. The molecule has 0 aliphatic carbocycles. The van der Waals surface area contributed by atoms with Gasteiger partial charge in [-0.05, 0) is 33.7 Å². The van der Waals surface area contributed by atoms with E-state index in [2.05, 4.69) is 0 Å². The smallest absolute Gasteiger partial charge is 0.413 e. The lowest BCUT2D eigenvalue weighted by atomic mass is 9.88. The number of carbonyl (C=O) groups is 2. The number of hydrogen-bond acceptors (Lipinski definition) is 3. The molecule has 5 nitrogen and oxygen atoms in total. The van der Waals surface area contributed by atoms with Gasteiger partial charge in [0.15, 0.2) is 0 Å². The van der Waals surface area contributed by atoms with Crippen LogP contribution in [-0.2, 0) is 4.74 Å². The highest BCUT2D eigenvalue weighted by atomic mass is 16.5. The van der Waals surface area contributed by atoms with Gasteiger partial charge in [0.1, 0.15) is 0 Å². The maximum atomic E-state index is 12.3. The summed E-state index contributed by atoms with van der Waals surface area (Å²) in [5.74, 6) is -1.02. The van der Waals surface area contributed by atoms with Gasteiger partial charge < -0.3 is 9.84 Å². The Morgan fingerprint density at radius 3 is 1.93 bits per heavy atom. The van der Waals surface area contributed by atoms with Crippen LogP contribution in [0.15, 0.2) is 72.8 Å². The Morgan fingerprint density at radius 2 is 1.34 bits per heavy atom. The molecular weight excluding hydrogens is 366 g/mol. The van der Waals surface area contributed by atoms with Crippen molar-refractivity contribution in [3.63, 3.8) is 0 Å². The van der Waals surface area contributed by atoms with Crippen molar-refractivity contribution < 1.29 is 19.4 Å². The van der Waals surface area contributed by atoms with Crippen LogP contribution in [0.5, 0.6) is 0 Å². The highest BCUT2D eigenvalue weighted by Gasteiger charge is 2.23. The SMILES string of the molecule is COC(=O)N(C)c1ccc2ccccc2c1-c1c(C(=O)O)ccc2ccccc12. The number of nitrogens with zero attached hydrogens (tertiary/aromatic N) is 1. The van der Waals surface area contributed by atoms with Gasteiger partial charge in [-0.2, -0.15) is 0 Å². The molecular formula is C24H19NO4. The first-order valence-electron chi connectivity index (χ1n) is 9.11. The normalized spacial score (nSPS) is 10.8. The first-order chi connectivity index (χ1) is 14.0. The molecule has 0 saturated carbocycles. The van der Waals surface area contributed by atoms with Crippen LogP contribution >= 0.6 is 0 Å². The summed E-state index contributed by atoms with van der Waals surface area (Å²) in [6.45, 7) is 0. The van der Waals surface area contributed by atoms with Crippen molar-refractivity contribution in [1.82, 2.24) is 0 Å². The van der Waals surface area contributed by atoms with Crippen LogP contribution in [0.2, 0.25) is 0 Å². The fourth-order valence-electron chi connectivity index (χ4n) is 3.76. The van der Waals surface area contributed by atoms with Gasteiger partial charge >= 0.3 is 12.1 Å². The average molecular weight is 385 g/mol. The van der Waals surface area contributed by atoms with Crippen LogP contribution < -0.4 is 4.90 Å². The molecule has 0 saturated heterocycles. The lowest BCUT2D eigenvalue weighted by molar-refractivity contribution is 0.0698. The summed E-state index contributed by atoms with van der Waals surface area (Å²) >= 11 is 0. The minimum absolute atomic E-state index is 0.180. The van der Waals surface area contributed by atoms with Crippen molar-refractivity contribution >= 4 is 39.3 Å². The van der Waals surface area contributed by atoms with E-state index in [0.717, 1.165) is 21.5 Å². The van der Waals surface area contributed by atoms with E-state index in [9.17, 15) is 14.7 Å². The Morgan fingerprint density at radius 1 is 0.793 bits per heavy atom. The topological polar surface area (TPSA) is 66.8 Å². The lowest BCUT2D eigenvalue weighted by Gasteiger charge is -2.23. The number of anilines is 1. The predicted octanol–water partition coefficient (Wildman–Crippen LogP) is 5.56. The fraction of sp³-hybridized carbons (Fsp3) is 0.0833. The van der Waals surface area contributed by atoms with Crippen LogP contribution in [0.3, 0.4) is 0 Å². The molecule has 0 bridgehead atoms. The number of aromatic carboxylic acids is 1. The van der Waals surface area contributed by atoms with Gasteiger partial charge in [0.2, 0.25) is 0 Å². The van der Waals surface area contributed by atoms with E-state index < -0.39 is 12.1 Å². The zero-order valence-corrected chi connectivity index (χ0v) is 16.0. The molecule has 0 heterocycles. The number of ether oxygens (including phenoxy) is 1. The molecule has 0 fully saturated rings. The number of carbonyl (C=O) groups excluding carboxylic acids is 1. The third kappa shape index (κ3) is 3.06. The van der Waals surface area contributed by atoms with Gasteiger partial charge in [0.05, 0.1) is 18.4 Å². The molecule has 0 radical (unpaired) electrons. The first kappa shape index (κ1) is 18.5. The van der Waals surface area contributed by atoms with Crippen LogP contribution in [-0.4, -0.2) is 31.3 Å². The third-order valence-electron chi connectivity index (χ3n) is 5.13. The minimum Gasteiger partial charge on any atom is -0.478 e. The largest absolute Gasteiger partial charge is 0.478 e. The molecule has 5 heteroatoms. The van der Waals surface area contributed by atoms with E-state index >= 15 is 0 Å². The third-order valence-corrected chi connectivity index (χ3v) is 5.13. The molecule has 0 aliphatic rings. The average Bonchev–Trinajstić information content (AvgIpc) is 2.76. The van der Waals surface area contributed by atoms with Crippen LogP contribution in [0.4, 0.5) is 10.5 Å². The van der Waals surface area contributed by atoms with E-state index in [1.54, 1.807) is 19.2 Å². The fourth-order valence-corrected chi connectivity index (χ4v) is 3.76. The van der Waals surface area contributed by atoms with E-state index in [-0.39, 0.29) is 5.56 Å². The lowest BCUT2D eigenvalue weighted by Crippen LogP contribution is -2.26. The van der Waals surface area contributed by atoms with Crippen molar-refractivity contribution in [3.05, 3.63) is 78.4 Å². The van der Waals surface area contributed by atoms with Crippen molar-refractivity contribution in [3.8, 4) is 11.1 Å². The minimum atomic E-state index is -1.02. The summed E-state index contributed by atoms with van der Waals surface area (Å²) in [4.78, 5) is 25.8. The summed E-state index contributed by atoms with van der Waals surface area (Å²) in [6, 6.07) is 22.5. The number of carboxylic acid groups (broad SMARTS) is 1. The first-order valence-corrected chi connectivity index (χ1v) is 9.11. The second-order valence-corrected chi connectivity index (χ2v) is 6.72. The highest BCUT2D eigenvalue weighted by Crippen LogP contribution is 2.42. The second-order valence-electron chi connectivity index (χ2n) is 6.72. The molecule has 0 atom stereocenters. The zero-order chi connectivity index (χ0) is 20.5.